The third-order valence-corrected chi connectivity index (χ3v) is 4.14. The molecule has 106 valence electrons. The molecule has 0 saturated heterocycles. The number of nitrogens with zero attached hydrogens (tertiary/aromatic N) is 1. The Bertz CT molecular complexity index is 364. The molecular weight excluding hydrogens is 236 g/mol. The van der Waals surface area contributed by atoms with Gasteiger partial charge in [-0.15, -0.1) is 0 Å². The fourth-order valence-electron chi connectivity index (χ4n) is 2.83. The molecule has 0 spiro atoms. The van der Waals surface area contributed by atoms with Crippen LogP contribution in [0.3, 0.4) is 0 Å². The maximum atomic E-state index is 6.07. The van der Waals surface area contributed by atoms with E-state index in [9.17, 15) is 0 Å². The van der Waals surface area contributed by atoms with E-state index in [1.165, 1.54) is 18.4 Å². The van der Waals surface area contributed by atoms with Crippen molar-refractivity contribution in [3.8, 4) is 0 Å². The average Bonchev–Trinajstić information content (AvgIpc) is 3.28. The standard InChI is InChI=1S/C16H26N2O/c1-13(14-6-4-3-5-7-14)16(12-17)18(10-11-19-2)15-8-9-15/h3-7,13,15-16H,8-12,17H2,1-2H3. The molecule has 2 N–H and O–H groups in total. The number of methoxy groups -OCH3 is 1. The number of benzene rings is 1. The third-order valence-electron chi connectivity index (χ3n) is 4.14. The molecule has 1 aromatic carbocycles. The van der Waals surface area contributed by atoms with Crippen LogP contribution in [-0.4, -0.2) is 43.8 Å². The zero-order valence-electron chi connectivity index (χ0n) is 12.1. The highest BCUT2D eigenvalue weighted by Crippen LogP contribution is 2.32. The van der Waals surface area contributed by atoms with E-state index in [4.69, 9.17) is 10.5 Å². The zero-order chi connectivity index (χ0) is 13.7. The molecule has 1 fully saturated rings. The lowest BCUT2D eigenvalue weighted by molar-refractivity contribution is 0.106. The Morgan fingerprint density at radius 1 is 1.32 bits per heavy atom. The first kappa shape index (κ1) is 14.5. The van der Waals surface area contributed by atoms with Crippen LogP contribution in [0.2, 0.25) is 0 Å². The van der Waals surface area contributed by atoms with Gasteiger partial charge in [0.2, 0.25) is 0 Å². The van der Waals surface area contributed by atoms with Gasteiger partial charge in [-0.2, -0.15) is 0 Å². The van der Waals surface area contributed by atoms with Gasteiger partial charge in [0, 0.05) is 32.3 Å². The number of nitrogens with two attached hydrogens (primary N) is 1. The molecular formula is C16H26N2O. The van der Waals surface area contributed by atoms with Gasteiger partial charge in [0.05, 0.1) is 6.61 Å². The first-order chi connectivity index (χ1) is 9.27. The molecule has 3 heteroatoms. The normalized spacial score (nSPS) is 18.5. The van der Waals surface area contributed by atoms with Gasteiger partial charge in [-0.25, -0.2) is 0 Å². The minimum absolute atomic E-state index is 0.407. The Morgan fingerprint density at radius 2 is 2.00 bits per heavy atom. The Morgan fingerprint density at radius 3 is 2.53 bits per heavy atom. The Hall–Kier alpha value is -0.900. The molecule has 2 unspecified atom stereocenters. The van der Waals surface area contributed by atoms with Gasteiger partial charge in [-0.05, 0) is 24.3 Å². The summed E-state index contributed by atoms with van der Waals surface area (Å²) in [5, 5.41) is 0. The van der Waals surface area contributed by atoms with Crippen molar-refractivity contribution in [2.45, 2.75) is 37.8 Å². The van der Waals surface area contributed by atoms with Gasteiger partial charge < -0.3 is 10.5 Å². The predicted octanol–water partition coefficient (Wildman–Crippen LogP) is 2.23. The second-order valence-electron chi connectivity index (χ2n) is 5.46. The van der Waals surface area contributed by atoms with Gasteiger partial charge >= 0.3 is 0 Å². The van der Waals surface area contributed by atoms with Crippen LogP contribution in [0.5, 0.6) is 0 Å². The molecule has 1 aliphatic rings. The van der Waals surface area contributed by atoms with Gasteiger partial charge in [-0.1, -0.05) is 37.3 Å². The second-order valence-corrected chi connectivity index (χ2v) is 5.46. The monoisotopic (exact) mass is 262 g/mol. The highest BCUT2D eigenvalue weighted by molar-refractivity contribution is 5.21. The SMILES string of the molecule is COCCN(C1CC1)C(CN)C(C)c1ccccc1. The maximum absolute atomic E-state index is 6.07. The van der Waals surface area contributed by atoms with Crippen molar-refractivity contribution >= 4 is 0 Å². The van der Waals surface area contributed by atoms with E-state index in [0.717, 1.165) is 19.2 Å². The molecule has 0 aliphatic heterocycles. The van der Waals surface area contributed by atoms with E-state index < -0.39 is 0 Å². The molecule has 0 aromatic heterocycles. The van der Waals surface area contributed by atoms with E-state index in [2.05, 4.69) is 42.2 Å². The van der Waals surface area contributed by atoms with Crippen molar-refractivity contribution in [2.24, 2.45) is 5.73 Å². The van der Waals surface area contributed by atoms with Crippen LogP contribution in [0.15, 0.2) is 30.3 Å². The first-order valence-electron chi connectivity index (χ1n) is 7.27. The predicted molar refractivity (Wildman–Crippen MR) is 79.3 cm³/mol. The summed E-state index contributed by atoms with van der Waals surface area (Å²) >= 11 is 0. The summed E-state index contributed by atoms with van der Waals surface area (Å²) in [6, 6.07) is 11.8. The Balaban J connectivity index is 2.08. The highest BCUT2D eigenvalue weighted by atomic mass is 16.5. The van der Waals surface area contributed by atoms with Crippen molar-refractivity contribution in [3.05, 3.63) is 35.9 Å². The quantitative estimate of drug-likeness (QED) is 0.781. The van der Waals surface area contributed by atoms with E-state index in [0.29, 0.717) is 18.5 Å². The lowest BCUT2D eigenvalue weighted by atomic mass is 9.92. The van der Waals surface area contributed by atoms with Crippen molar-refractivity contribution in [3.63, 3.8) is 0 Å². The fourth-order valence-corrected chi connectivity index (χ4v) is 2.83. The van der Waals surface area contributed by atoms with Crippen LogP contribution in [-0.2, 0) is 4.74 Å². The molecule has 19 heavy (non-hydrogen) atoms. The lowest BCUT2D eigenvalue weighted by Gasteiger charge is -2.35. The summed E-state index contributed by atoms with van der Waals surface area (Å²) in [6.45, 7) is 4.76. The van der Waals surface area contributed by atoms with Crippen molar-refractivity contribution in [1.29, 1.82) is 0 Å². The molecule has 3 nitrogen and oxygen atoms in total. The minimum Gasteiger partial charge on any atom is -0.383 e. The van der Waals surface area contributed by atoms with E-state index in [-0.39, 0.29) is 0 Å². The molecule has 2 atom stereocenters. The number of rotatable bonds is 8. The van der Waals surface area contributed by atoms with Crippen LogP contribution in [0.1, 0.15) is 31.2 Å². The largest absolute Gasteiger partial charge is 0.383 e. The van der Waals surface area contributed by atoms with Gasteiger partial charge in [0.1, 0.15) is 0 Å². The van der Waals surface area contributed by atoms with Gasteiger partial charge in [0.25, 0.3) is 0 Å². The van der Waals surface area contributed by atoms with Crippen molar-refractivity contribution < 1.29 is 4.74 Å². The van der Waals surface area contributed by atoms with Crippen molar-refractivity contribution in [1.82, 2.24) is 4.90 Å². The first-order valence-corrected chi connectivity index (χ1v) is 7.27. The Labute approximate surface area is 116 Å². The molecule has 0 amide bonds. The molecule has 0 heterocycles. The van der Waals surface area contributed by atoms with E-state index >= 15 is 0 Å². The van der Waals surface area contributed by atoms with E-state index in [1.807, 2.05) is 0 Å². The molecule has 0 radical (unpaired) electrons. The summed E-state index contributed by atoms with van der Waals surface area (Å²) in [5.74, 6) is 0.462. The third kappa shape index (κ3) is 3.78. The smallest absolute Gasteiger partial charge is 0.0589 e. The highest BCUT2D eigenvalue weighted by Gasteiger charge is 2.35. The average molecular weight is 262 g/mol. The number of ether oxygens (including phenoxy) is 1. The summed E-state index contributed by atoms with van der Waals surface area (Å²) in [4.78, 5) is 2.56. The van der Waals surface area contributed by atoms with Crippen LogP contribution < -0.4 is 5.73 Å². The molecule has 0 bridgehead atoms. The number of hydrogen-bond acceptors (Lipinski definition) is 3. The summed E-state index contributed by atoms with van der Waals surface area (Å²) in [5.41, 5.74) is 7.44. The lowest BCUT2D eigenvalue weighted by Crippen LogP contribution is -2.46. The molecule has 1 saturated carbocycles. The molecule has 2 rings (SSSR count). The maximum Gasteiger partial charge on any atom is 0.0589 e. The summed E-state index contributed by atoms with van der Waals surface area (Å²) in [6.07, 6.45) is 2.61. The topological polar surface area (TPSA) is 38.5 Å². The second kappa shape index (κ2) is 7.04. The Kier molecular flexibility index (Phi) is 5.37. The minimum atomic E-state index is 0.407. The molecule has 1 aromatic rings. The summed E-state index contributed by atoms with van der Waals surface area (Å²) in [7, 11) is 1.77. The zero-order valence-corrected chi connectivity index (χ0v) is 12.1. The van der Waals surface area contributed by atoms with Crippen molar-refractivity contribution in [2.75, 3.05) is 26.8 Å². The van der Waals surface area contributed by atoms with Crippen LogP contribution in [0.25, 0.3) is 0 Å². The van der Waals surface area contributed by atoms with E-state index in [1.54, 1.807) is 7.11 Å². The van der Waals surface area contributed by atoms with Gasteiger partial charge in [0.15, 0.2) is 0 Å². The summed E-state index contributed by atoms with van der Waals surface area (Å²) < 4.78 is 5.25. The van der Waals surface area contributed by atoms with Crippen LogP contribution in [0, 0.1) is 0 Å². The van der Waals surface area contributed by atoms with Crippen LogP contribution in [0.4, 0.5) is 0 Å². The molecule has 1 aliphatic carbocycles. The van der Waals surface area contributed by atoms with Crippen LogP contribution >= 0.6 is 0 Å². The number of hydrogen-bond donors (Lipinski definition) is 1. The fraction of sp³-hybridized carbons (Fsp3) is 0.625. The van der Waals surface area contributed by atoms with Gasteiger partial charge in [-0.3, -0.25) is 4.90 Å².